The maximum absolute atomic E-state index is 13.0. The number of pyridine rings is 1. The van der Waals surface area contributed by atoms with E-state index in [0.717, 1.165) is 11.1 Å². The van der Waals surface area contributed by atoms with Crippen molar-refractivity contribution in [3.63, 3.8) is 0 Å². The minimum absolute atomic E-state index is 0.272. The van der Waals surface area contributed by atoms with Gasteiger partial charge in [0.05, 0.1) is 5.69 Å². The summed E-state index contributed by atoms with van der Waals surface area (Å²) >= 11 is 3.37. The highest BCUT2D eigenvalue weighted by atomic mass is 79.9. The molecular weight excluding hydrogens is 375 g/mol. The second kappa shape index (κ2) is 6.45. The van der Waals surface area contributed by atoms with Crippen molar-refractivity contribution in [2.75, 3.05) is 0 Å². The van der Waals surface area contributed by atoms with Gasteiger partial charge in [0.25, 0.3) is 0 Å². The third-order valence-electron chi connectivity index (χ3n) is 3.56. The highest BCUT2D eigenvalue weighted by Gasteiger charge is 2.19. The van der Waals surface area contributed by atoms with Crippen LogP contribution >= 0.6 is 15.9 Å². The Morgan fingerprint density at radius 2 is 1.88 bits per heavy atom. The first-order valence-corrected chi connectivity index (χ1v) is 8.21. The predicted octanol–water partition coefficient (Wildman–Crippen LogP) is 4.46. The van der Waals surface area contributed by atoms with E-state index in [4.69, 9.17) is 4.42 Å². The Bertz CT molecular complexity index is 837. The molecule has 0 saturated heterocycles. The lowest BCUT2D eigenvalue weighted by atomic mass is 10.0. The maximum atomic E-state index is 13.0. The van der Waals surface area contributed by atoms with E-state index in [0.29, 0.717) is 28.4 Å². The Kier molecular flexibility index (Phi) is 4.51. The second-order valence-corrected chi connectivity index (χ2v) is 6.74. The largest absolute Gasteiger partial charge is 0.433 e. The Balaban J connectivity index is 1.84. The lowest BCUT2D eigenvalue weighted by Gasteiger charge is -2.16. The molecule has 1 aromatic carbocycles. The number of benzene rings is 1. The Labute approximate surface area is 147 Å². The van der Waals surface area contributed by atoms with Gasteiger partial charge >= 0.3 is 0 Å². The Morgan fingerprint density at radius 3 is 2.46 bits per heavy atom. The van der Waals surface area contributed by atoms with Crippen LogP contribution in [0.15, 0.2) is 51.7 Å². The van der Waals surface area contributed by atoms with Gasteiger partial charge in [0.1, 0.15) is 17.1 Å². The molecule has 0 atom stereocenters. The van der Waals surface area contributed by atoms with E-state index in [1.54, 1.807) is 38.2 Å². The highest BCUT2D eigenvalue weighted by molar-refractivity contribution is 9.10. The molecule has 0 radical (unpaired) electrons. The summed E-state index contributed by atoms with van der Waals surface area (Å²) in [5.41, 5.74) is 1.92. The van der Waals surface area contributed by atoms with E-state index in [-0.39, 0.29) is 5.82 Å². The maximum Gasteiger partial charge on any atom is 0.200 e. The molecule has 2 aromatic heterocycles. The van der Waals surface area contributed by atoms with Gasteiger partial charge in [-0.3, -0.25) is 4.98 Å². The average Bonchev–Trinajstić information content (AvgIpc) is 2.89. The molecule has 0 aliphatic rings. The predicted molar refractivity (Wildman–Crippen MR) is 91.9 cm³/mol. The van der Waals surface area contributed by atoms with Gasteiger partial charge in [-0.1, -0.05) is 12.1 Å². The summed E-state index contributed by atoms with van der Waals surface area (Å²) in [5, 5.41) is 9.96. The molecule has 4 nitrogen and oxygen atoms in total. The number of nitrogens with zero attached hydrogens (tertiary/aromatic N) is 2. The first-order valence-electron chi connectivity index (χ1n) is 7.42. The van der Waals surface area contributed by atoms with Crippen LogP contribution in [0.4, 0.5) is 4.39 Å². The standard InChI is InChI=1S/C18H16BrFN2O2/c1-18(2,23)14-8-5-12(10-21-14)16-17(19)24-15(22-16)9-11-3-6-13(20)7-4-11/h3-8,10,23H,9H2,1-2H3. The molecular formula is C18H16BrFN2O2. The lowest BCUT2D eigenvalue weighted by molar-refractivity contribution is 0.0739. The zero-order chi connectivity index (χ0) is 17.3. The Hall–Kier alpha value is -2.05. The third-order valence-corrected chi connectivity index (χ3v) is 4.10. The first kappa shape index (κ1) is 16.8. The quantitative estimate of drug-likeness (QED) is 0.714. The summed E-state index contributed by atoms with van der Waals surface area (Å²) in [4.78, 5) is 8.76. The number of aromatic nitrogens is 2. The number of halogens is 2. The summed E-state index contributed by atoms with van der Waals surface area (Å²) in [7, 11) is 0. The number of hydrogen-bond acceptors (Lipinski definition) is 4. The molecule has 0 amide bonds. The lowest BCUT2D eigenvalue weighted by Crippen LogP contribution is -2.17. The van der Waals surface area contributed by atoms with Crippen molar-refractivity contribution >= 4 is 15.9 Å². The van der Waals surface area contributed by atoms with E-state index < -0.39 is 5.60 Å². The van der Waals surface area contributed by atoms with Gasteiger partial charge in [0.15, 0.2) is 4.67 Å². The van der Waals surface area contributed by atoms with Crippen LogP contribution in [0, 0.1) is 5.82 Å². The minimum atomic E-state index is -0.993. The zero-order valence-electron chi connectivity index (χ0n) is 13.3. The van der Waals surface area contributed by atoms with Gasteiger partial charge in [-0.05, 0) is 59.6 Å². The molecule has 0 fully saturated rings. The van der Waals surface area contributed by atoms with Gasteiger partial charge in [-0.2, -0.15) is 0 Å². The van der Waals surface area contributed by atoms with Crippen LogP contribution in [-0.2, 0) is 12.0 Å². The van der Waals surface area contributed by atoms with E-state index in [9.17, 15) is 9.50 Å². The normalized spacial score (nSPS) is 11.7. The fraction of sp³-hybridized carbons (Fsp3) is 0.222. The van der Waals surface area contributed by atoms with Crippen LogP contribution < -0.4 is 0 Å². The van der Waals surface area contributed by atoms with Gasteiger partial charge in [0, 0.05) is 18.2 Å². The monoisotopic (exact) mass is 390 g/mol. The topological polar surface area (TPSA) is 59.2 Å². The van der Waals surface area contributed by atoms with E-state index >= 15 is 0 Å². The van der Waals surface area contributed by atoms with Crippen LogP contribution in [0.2, 0.25) is 0 Å². The number of rotatable bonds is 4. The molecule has 2 heterocycles. The van der Waals surface area contributed by atoms with Crippen molar-refractivity contribution in [2.24, 2.45) is 0 Å². The molecule has 0 unspecified atom stereocenters. The van der Waals surface area contributed by atoms with E-state index in [1.807, 2.05) is 6.07 Å². The molecule has 0 saturated carbocycles. The molecule has 0 aliphatic carbocycles. The molecule has 3 aromatic rings. The van der Waals surface area contributed by atoms with Gasteiger partial charge in [-0.15, -0.1) is 0 Å². The van der Waals surface area contributed by atoms with Crippen LogP contribution in [-0.4, -0.2) is 15.1 Å². The SMILES string of the molecule is CC(C)(O)c1ccc(-c2nc(Cc3ccc(F)cc3)oc2Br)cn1. The Morgan fingerprint density at radius 1 is 1.17 bits per heavy atom. The van der Waals surface area contributed by atoms with Crippen molar-refractivity contribution < 1.29 is 13.9 Å². The molecule has 0 bridgehead atoms. The van der Waals surface area contributed by atoms with Crippen LogP contribution in [0.5, 0.6) is 0 Å². The summed E-state index contributed by atoms with van der Waals surface area (Å²) in [5.74, 6) is 0.251. The van der Waals surface area contributed by atoms with Gasteiger partial charge in [-0.25, -0.2) is 9.37 Å². The summed E-state index contributed by atoms with van der Waals surface area (Å²) in [6, 6.07) is 9.82. The van der Waals surface area contributed by atoms with Crippen molar-refractivity contribution in [3.8, 4) is 11.3 Å². The zero-order valence-corrected chi connectivity index (χ0v) is 14.8. The summed E-state index contributed by atoms with van der Waals surface area (Å²) in [6.45, 7) is 3.36. The smallest absolute Gasteiger partial charge is 0.200 e. The van der Waals surface area contributed by atoms with Crippen molar-refractivity contribution in [3.05, 3.63) is 70.2 Å². The number of aliphatic hydroxyl groups is 1. The van der Waals surface area contributed by atoms with E-state index in [2.05, 4.69) is 25.9 Å². The highest BCUT2D eigenvalue weighted by Crippen LogP contribution is 2.30. The van der Waals surface area contributed by atoms with E-state index in [1.165, 1.54) is 12.1 Å². The molecule has 0 aliphatic heterocycles. The second-order valence-electron chi connectivity index (χ2n) is 6.02. The number of hydrogen-bond donors (Lipinski definition) is 1. The molecule has 3 rings (SSSR count). The van der Waals surface area contributed by atoms with Gasteiger partial charge < -0.3 is 9.52 Å². The molecule has 24 heavy (non-hydrogen) atoms. The first-order chi connectivity index (χ1) is 11.3. The summed E-state index contributed by atoms with van der Waals surface area (Å²) < 4.78 is 19.1. The molecule has 1 N–H and O–H groups in total. The molecule has 0 spiro atoms. The fourth-order valence-electron chi connectivity index (χ4n) is 2.27. The fourth-order valence-corrected chi connectivity index (χ4v) is 2.77. The number of oxazole rings is 1. The van der Waals surface area contributed by atoms with Crippen LogP contribution in [0.1, 0.15) is 31.0 Å². The summed E-state index contributed by atoms with van der Waals surface area (Å²) in [6.07, 6.45) is 2.12. The van der Waals surface area contributed by atoms with Crippen LogP contribution in [0.25, 0.3) is 11.3 Å². The van der Waals surface area contributed by atoms with Crippen molar-refractivity contribution in [1.29, 1.82) is 0 Å². The van der Waals surface area contributed by atoms with Crippen LogP contribution in [0.3, 0.4) is 0 Å². The third kappa shape index (κ3) is 3.71. The minimum Gasteiger partial charge on any atom is -0.433 e. The molecule has 124 valence electrons. The van der Waals surface area contributed by atoms with Crippen molar-refractivity contribution in [2.45, 2.75) is 25.9 Å². The molecule has 6 heteroatoms. The van der Waals surface area contributed by atoms with Crippen molar-refractivity contribution in [1.82, 2.24) is 9.97 Å². The average molecular weight is 391 g/mol. The van der Waals surface area contributed by atoms with Gasteiger partial charge in [0.2, 0.25) is 5.89 Å².